The molecule has 4 nitrogen and oxygen atoms in total. The summed E-state index contributed by atoms with van der Waals surface area (Å²) in [7, 11) is 0. The van der Waals surface area contributed by atoms with Crippen molar-refractivity contribution in [3.05, 3.63) is 29.8 Å². The van der Waals surface area contributed by atoms with Gasteiger partial charge in [0.1, 0.15) is 5.60 Å². The Morgan fingerprint density at radius 1 is 1.45 bits per heavy atom. The maximum absolute atomic E-state index is 8.82. The van der Waals surface area contributed by atoms with Crippen LogP contribution in [0.4, 0.5) is 5.69 Å². The highest BCUT2D eigenvalue weighted by Crippen LogP contribution is 2.46. The molecule has 1 N–H and O–H groups in total. The number of nitrogens with zero attached hydrogens (tertiary/aromatic N) is 1. The van der Waals surface area contributed by atoms with E-state index in [4.69, 9.17) is 14.7 Å². The smallest absolute Gasteiger partial charge is 0.114 e. The van der Waals surface area contributed by atoms with Crippen LogP contribution in [0.5, 0.6) is 0 Å². The van der Waals surface area contributed by atoms with E-state index in [-0.39, 0.29) is 11.7 Å². The molecule has 1 aromatic rings. The van der Waals surface area contributed by atoms with Crippen molar-refractivity contribution in [2.45, 2.75) is 43.9 Å². The van der Waals surface area contributed by atoms with Gasteiger partial charge >= 0.3 is 0 Å². The number of nitriles is 1. The molecular formula is C16H20N2O2. The number of hydrogen-bond acceptors (Lipinski definition) is 4. The second-order valence-corrected chi connectivity index (χ2v) is 5.47. The van der Waals surface area contributed by atoms with Gasteiger partial charge in [0, 0.05) is 18.9 Å². The van der Waals surface area contributed by atoms with Crippen molar-refractivity contribution in [3.63, 3.8) is 0 Å². The van der Waals surface area contributed by atoms with Crippen LogP contribution in [0, 0.1) is 11.3 Å². The quantitative estimate of drug-likeness (QED) is 0.915. The Hall–Kier alpha value is -1.57. The van der Waals surface area contributed by atoms with Crippen LogP contribution in [-0.2, 0) is 9.47 Å². The van der Waals surface area contributed by atoms with E-state index in [9.17, 15) is 0 Å². The molecule has 3 rings (SSSR count). The number of nitrogens with one attached hydrogen (secondary N) is 1. The normalized spacial score (nSPS) is 31.8. The van der Waals surface area contributed by atoms with E-state index >= 15 is 0 Å². The minimum absolute atomic E-state index is 0.149. The Bertz CT molecular complexity index is 500. The molecule has 0 amide bonds. The predicted octanol–water partition coefficient (Wildman–Crippen LogP) is 2.70. The fourth-order valence-electron chi connectivity index (χ4n) is 3.32. The van der Waals surface area contributed by atoms with E-state index in [1.54, 1.807) is 0 Å². The van der Waals surface area contributed by atoms with E-state index in [1.807, 2.05) is 31.2 Å². The molecule has 2 aliphatic rings. The first-order valence-electron chi connectivity index (χ1n) is 7.31. The molecule has 1 aromatic carbocycles. The molecule has 2 fully saturated rings. The molecule has 3 atom stereocenters. The van der Waals surface area contributed by atoms with Crippen LogP contribution < -0.4 is 5.32 Å². The first-order valence-corrected chi connectivity index (χ1v) is 7.31. The molecule has 106 valence electrons. The summed E-state index contributed by atoms with van der Waals surface area (Å²) in [5.74, 6) is 0. The van der Waals surface area contributed by atoms with Crippen molar-refractivity contribution in [1.82, 2.24) is 0 Å². The first-order chi connectivity index (χ1) is 9.78. The second-order valence-electron chi connectivity index (χ2n) is 5.47. The SMILES string of the molecule is CCO[C@@H]1C[C@H](Nc2ccc(C#N)cc2)[C@@]12CCCO2. The van der Waals surface area contributed by atoms with Gasteiger partial charge in [-0.3, -0.25) is 0 Å². The standard InChI is InChI=1S/C16H20N2O2/c1-2-19-15-10-14(16(15)8-3-9-20-16)18-13-6-4-12(11-17)5-7-13/h4-7,14-15,18H,2-3,8-10H2,1H3/t14-,15+,16-/m0/s1. The monoisotopic (exact) mass is 272 g/mol. The number of ether oxygens (including phenoxy) is 2. The molecule has 1 aliphatic heterocycles. The minimum atomic E-state index is -0.149. The molecule has 1 saturated heterocycles. The fraction of sp³-hybridized carbons (Fsp3) is 0.562. The Kier molecular flexibility index (Phi) is 3.64. The lowest BCUT2D eigenvalue weighted by Crippen LogP contribution is -2.66. The second kappa shape index (κ2) is 5.43. The Labute approximate surface area is 119 Å². The summed E-state index contributed by atoms with van der Waals surface area (Å²) in [5, 5.41) is 12.4. The average Bonchev–Trinajstić information content (AvgIpc) is 2.99. The third kappa shape index (κ3) is 2.17. The molecule has 4 heteroatoms. The van der Waals surface area contributed by atoms with Crippen molar-refractivity contribution in [2.24, 2.45) is 0 Å². The number of benzene rings is 1. The molecule has 0 aromatic heterocycles. The molecular weight excluding hydrogens is 252 g/mol. The van der Waals surface area contributed by atoms with Gasteiger partial charge in [-0.1, -0.05) is 0 Å². The molecule has 1 spiro atoms. The van der Waals surface area contributed by atoms with Crippen LogP contribution in [0.3, 0.4) is 0 Å². The summed E-state index contributed by atoms with van der Waals surface area (Å²) >= 11 is 0. The Morgan fingerprint density at radius 2 is 2.25 bits per heavy atom. The molecule has 1 saturated carbocycles. The summed E-state index contributed by atoms with van der Waals surface area (Å²) < 4.78 is 11.8. The van der Waals surface area contributed by atoms with Gasteiger partial charge in [0.15, 0.2) is 0 Å². The van der Waals surface area contributed by atoms with Crippen molar-refractivity contribution >= 4 is 5.69 Å². The highest BCUT2D eigenvalue weighted by atomic mass is 16.6. The average molecular weight is 272 g/mol. The Morgan fingerprint density at radius 3 is 2.85 bits per heavy atom. The fourth-order valence-corrected chi connectivity index (χ4v) is 3.32. The lowest BCUT2D eigenvalue weighted by atomic mass is 9.70. The minimum Gasteiger partial charge on any atom is -0.379 e. The zero-order valence-electron chi connectivity index (χ0n) is 11.8. The zero-order valence-corrected chi connectivity index (χ0v) is 11.8. The third-order valence-electron chi connectivity index (χ3n) is 4.39. The van der Waals surface area contributed by atoms with E-state index < -0.39 is 0 Å². The lowest BCUT2D eigenvalue weighted by molar-refractivity contribution is -0.184. The highest BCUT2D eigenvalue weighted by Gasteiger charge is 2.58. The number of rotatable bonds is 4. The van der Waals surface area contributed by atoms with Crippen LogP contribution in [-0.4, -0.2) is 31.0 Å². The Balaban J connectivity index is 1.69. The summed E-state index contributed by atoms with van der Waals surface area (Å²) in [6.07, 6.45) is 3.36. The topological polar surface area (TPSA) is 54.3 Å². The van der Waals surface area contributed by atoms with Crippen LogP contribution in [0.2, 0.25) is 0 Å². The van der Waals surface area contributed by atoms with Crippen molar-refractivity contribution in [2.75, 3.05) is 18.5 Å². The van der Waals surface area contributed by atoms with Gasteiger partial charge in [-0.25, -0.2) is 0 Å². The third-order valence-corrected chi connectivity index (χ3v) is 4.39. The molecule has 0 radical (unpaired) electrons. The van der Waals surface area contributed by atoms with Crippen LogP contribution >= 0.6 is 0 Å². The van der Waals surface area contributed by atoms with Crippen LogP contribution in [0.15, 0.2) is 24.3 Å². The van der Waals surface area contributed by atoms with Crippen molar-refractivity contribution < 1.29 is 9.47 Å². The van der Waals surface area contributed by atoms with E-state index in [0.29, 0.717) is 11.6 Å². The highest BCUT2D eigenvalue weighted by molar-refractivity contribution is 5.49. The summed E-state index contributed by atoms with van der Waals surface area (Å²) in [6, 6.07) is 10.0. The van der Waals surface area contributed by atoms with Gasteiger partial charge in [-0.2, -0.15) is 5.26 Å². The maximum Gasteiger partial charge on any atom is 0.114 e. The lowest BCUT2D eigenvalue weighted by Gasteiger charge is -2.52. The molecule has 0 unspecified atom stereocenters. The first kappa shape index (κ1) is 13.4. The summed E-state index contributed by atoms with van der Waals surface area (Å²) in [4.78, 5) is 0. The number of hydrogen-bond donors (Lipinski definition) is 1. The van der Waals surface area contributed by atoms with Gasteiger partial charge in [-0.15, -0.1) is 0 Å². The predicted molar refractivity (Wildman–Crippen MR) is 76.5 cm³/mol. The van der Waals surface area contributed by atoms with E-state index in [0.717, 1.165) is 38.2 Å². The molecule has 1 heterocycles. The van der Waals surface area contributed by atoms with Gasteiger partial charge in [0.05, 0.1) is 23.8 Å². The van der Waals surface area contributed by atoms with E-state index in [1.165, 1.54) is 0 Å². The molecule has 20 heavy (non-hydrogen) atoms. The van der Waals surface area contributed by atoms with Gasteiger partial charge in [-0.05, 0) is 50.5 Å². The molecule has 1 aliphatic carbocycles. The van der Waals surface area contributed by atoms with Crippen molar-refractivity contribution in [3.8, 4) is 6.07 Å². The molecule has 0 bridgehead atoms. The van der Waals surface area contributed by atoms with Gasteiger partial charge in [0.25, 0.3) is 0 Å². The van der Waals surface area contributed by atoms with Crippen LogP contribution in [0.1, 0.15) is 31.7 Å². The maximum atomic E-state index is 8.82. The van der Waals surface area contributed by atoms with E-state index in [2.05, 4.69) is 11.4 Å². The zero-order chi connectivity index (χ0) is 14.0. The van der Waals surface area contributed by atoms with Gasteiger partial charge < -0.3 is 14.8 Å². The largest absolute Gasteiger partial charge is 0.379 e. The van der Waals surface area contributed by atoms with Gasteiger partial charge in [0.2, 0.25) is 0 Å². The number of anilines is 1. The summed E-state index contributed by atoms with van der Waals surface area (Å²) in [5.41, 5.74) is 1.58. The summed E-state index contributed by atoms with van der Waals surface area (Å²) in [6.45, 7) is 3.60. The van der Waals surface area contributed by atoms with Crippen LogP contribution in [0.25, 0.3) is 0 Å². The van der Waals surface area contributed by atoms with Crippen molar-refractivity contribution in [1.29, 1.82) is 5.26 Å².